The summed E-state index contributed by atoms with van der Waals surface area (Å²) in [6.07, 6.45) is 0. The van der Waals surface area contributed by atoms with Crippen LogP contribution in [0.4, 0.5) is 0 Å². The molecule has 1 saturated heterocycles. The Morgan fingerprint density at radius 3 is 2.53 bits per heavy atom. The van der Waals surface area contributed by atoms with E-state index in [9.17, 15) is 14.4 Å². The van der Waals surface area contributed by atoms with Gasteiger partial charge in [0.2, 0.25) is 11.8 Å². The van der Waals surface area contributed by atoms with Crippen molar-refractivity contribution in [2.75, 3.05) is 39.4 Å². The van der Waals surface area contributed by atoms with Gasteiger partial charge in [0, 0.05) is 13.1 Å². The van der Waals surface area contributed by atoms with Gasteiger partial charge in [-0.05, 0) is 6.92 Å². The molecule has 1 fully saturated rings. The fraction of sp³-hybridized carbons (Fsp3) is 0.727. The number of aliphatic carboxylic acids is 1. The summed E-state index contributed by atoms with van der Waals surface area (Å²) in [6, 6.07) is -0.757. The molecule has 8 nitrogen and oxygen atoms in total. The fourth-order valence-corrected chi connectivity index (χ4v) is 1.63. The first-order valence-electron chi connectivity index (χ1n) is 6.08. The van der Waals surface area contributed by atoms with Crippen molar-refractivity contribution in [1.29, 1.82) is 0 Å². The van der Waals surface area contributed by atoms with Crippen molar-refractivity contribution in [3.05, 3.63) is 0 Å². The predicted molar refractivity (Wildman–Crippen MR) is 65.5 cm³/mol. The molecule has 3 N–H and O–H groups in total. The second-order valence-corrected chi connectivity index (χ2v) is 4.29. The van der Waals surface area contributed by atoms with Crippen LogP contribution in [0.2, 0.25) is 0 Å². The standard InChI is InChI=1S/C11H19N3O5/c1-8(11(18)12-6-10(16)17)13-9(15)7-14-2-4-19-5-3-14/h8H,2-7H2,1H3,(H,12,18)(H,13,15)(H,16,17)/t8-/m0/s1. The van der Waals surface area contributed by atoms with E-state index in [0.29, 0.717) is 26.3 Å². The average molecular weight is 273 g/mol. The first kappa shape index (κ1) is 15.4. The highest BCUT2D eigenvalue weighted by Gasteiger charge is 2.19. The molecule has 0 aromatic heterocycles. The van der Waals surface area contributed by atoms with Gasteiger partial charge in [0.05, 0.1) is 19.8 Å². The third-order valence-electron chi connectivity index (χ3n) is 2.66. The van der Waals surface area contributed by atoms with E-state index in [1.54, 1.807) is 0 Å². The summed E-state index contributed by atoms with van der Waals surface area (Å²) >= 11 is 0. The van der Waals surface area contributed by atoms with Crippen LogP contribution in [-0.4, -0.2) is 73.2 Å². The molecule has 0 aliphatic carbocycles. The quantitative estimate of drug-likeness (QED) is 0.518. The van der Waals surface area contributed by atoms with E-state index in [4.69, 9.17) is 9.84 Å². The molecule has 0 aromatic carbocycles. The molecule has 19 heavy (non-hydrogen) atoms. The molecule has 1 atom stereocenters. The number of hydrogen-bond donors (Lipinski definition) is 3. The van der Waals surface area contributed by atoms with Gasteiger partial charge in [0.1, 0.15) is 12.6 Å². The number of hydrogen-bond acceptors (Lipinski definition) is 5. The Labute approximate surface area is 111 Å². The van der Waals surface area contributed by atoms with Crippen LogP contribution in [-0.2, 0) is 19.1 Å². The molecule has 1 heterocycles. The SMILES string of the molecule is C[C@H](NC(=O)CN1CCOCC1)C(=O)NCC(=O)O. The Morgan fingerprint density at radius 1 is 1.32 bits per heavy atom. The first-order valence-corrected chi connectivity index (χ1v) is 6.08. The van der Waals surface area contributed by atoms with E-state index < -0.39 is 24.5 Å². The lowest BCUT2D eigenvalue weighted by Crippen LogP contribution is -2.50. The summed E-state index contributed by atoms with van der Waals surface area (Å²) in [5.74, 6) is -1.90. The van der Waals surface area contributed by atoms with Crippen molar-refractivity contribution in [2.24, 2.45) is 0 Å². The molecule has 0 spiro atoms. The molecule has 8 heteroatoms. The third kappa shape index (κ3) is 6.16. The summed E-state index contributed by atoms with van der Waals surface area (Å²) < 4.78 is 5.16. The maximum atomic E-state index is 11.7. The van der Waals surface area contributed by atoms with Crippen molar-refractivity contribution in [2.45, 2.75) is 13.0 Å². The number of ether oxygens (including phenoxy) is 1. The maximum absolute atomic E-state index is 11.7. The number of carbonyl (C=O) groups excluding carboxylic acids is 2. The van der Waals surface area contributed by atoms with Crippen LogP contribution in [0.25, 0.3) is 0 Å². The lowest BCUT2D eigenvalue weighted by molar-refractivity contribution is -0.138. The summed E-state index contributed by atoms with van der Waals surface area (Å²) in [4.78, 5) is 35.3. The Hall–Kier alpha value is -1.67. The number of nitrogens with zero attached hydrogens (tertiary/aromatic N) is 1. The Balaban J connectivity index is 2.26. The van der Waals surface area contributed by atoms with Gasteiger partial charge >= 0.3 is 5.97 Å². The summed E-state index contributed by atoms with van der Waals surface area (Å²) in [5.41, 5.74) is 0. The Morgan fingerprint density at radius 2 is 1.95 bits per heavy atom. The normalized spacial score (nSPS) is 17.5. The summed E-state index contributed by atoms with van der Waals surface area (Å²) in [7, 11) is 0. The minimum absolute atomic E-state index is 0.208. The molecule has 1 aliphatic rings. The van der Waals surface area contributed by atoms with Gasteiger partial charge in [0.25, 0.3) is 0 Å². The number of nitrogens with one attached hydrogen (secondary N) is 2. The predicted octanol–water partition coefficient (Wildman–Crippen LogP) is -1.98. The second-order valence-electron chi connectivity index (χ2n) is 4.29. The minimum Gasteiger partial charge on any atom is -0.480 e. The van der Waals surface area contributed by atoms with Crippen LogP contribution in [0.1, 0.15) is 6.92 Å². The highest BCUT2D eigenvalue weighted by molar-refractivity contribution is 5.89. The van der Waals surface area contributed by atoms with Crippen LogP contribution < -0.4 is 10.6 Å². The monoisotopic (exact) mass is 273 g/mol. The van der Waals surface area contributed by atoms with E-state index in [-0.39, 0.29) is 12.5 Å². The molecule has 0 unspecified atom stereocenters. The molecular weight excluding hydrogens is 254 g/mol. The van der Waals surface area contributed by atoms with E-state index in [2.05, 4.69) is 10.6 Å². The van der Waals surface area contributed by atoms with Crippen LogP contribution in [0.3, 0.4) is 0 Å². The number of amides is 2. The van der Waals surface area contributed by atoms with Crippen molar-refractivity contribution >= 4 is 17.8 Å². The highest BCUT2D eigenvalue weighted by atomic mass is 16.5. The third-order valence-corrected chi connectivity index (χ3v) is 2.66. The van der Waals surface area contributed by atoms with Crippen LogP contribution in [0, 0.1) is 0 Å². The number of carboxylic acids is 1. The van der Waals surface area contributed by atoms with Crippen LogP contribution in [0.15, 0.2) is 0 Å². The molecule has 0 aromatic rings. The van der Waals surface area contributed by atoms with Gasteiger partial charge < -0.3 is 20.5 Å². The molecular formula is C11H19N3O5. The van der Waals surface area contributed by atoms with Gasteiger partial charge in [-0.3, -0.25) is 19.3 Å². The number of morpholine rings is 1. The fourth-order valence-electron chi connectivity index (χ4n) is 1.63. The van der Waals surface area contributed by atoms with Crippen molar-refractivity contribution in [3.8, 4) is 0 Å². The zero-order valence-corrected chi connectivity index (χ0v) is 10.8. The minimum atomic E-state index is -1.12. The van der Waals surface area contributed by atoms with E-state index >= 15 is 0 Å². The Bertz CT molecular complexity index is 341. The number of carboxylic acid groups (broad SMARTS) is 1. The van der Waals surface area contributed by atoms with Crippen molar-refractivity contribution < 1.29 is 24.2 Å². The largest absolute Gasteiger partial charge is 0.480 e. The maximum Gasteiger partial charge on any atom is 0.322 e. The smallest absolute Gasteiger partial charge is 0.322 e. The van der Waals surface area contributed by atoms with Gasteiger partial charge in [-0.2, -0.15) is 0 Å². The molecule has 1 aliphatic heterocycles. The molecule has 108 valence electrons. The van der Waals surface area contributed by atoms with Gasteiger partial charge in [-0.1, -0.05) is 0 Å². The topological polar surface area (TPSA) is 108 Å². The van der Waals surface area contributed by atoms with Crippen molar-refractivity contribution in [1.82, 2.24) is 15.5 Å². The van der Waals surface area contributed by atoms with Gasteiger partial charge in [-0.15, -0.1) is 0 Å². The number of carbonyl (C=O) groups is 3. The van der Waals surface area contributed by atoms with E-state index in [1.807, 2.05) is 4.90 Å². The van der Waals surface area contributed by atoms with E-state index in [1.165, 1.54) is 6.92 Å². The van der Waals surface area contributed by atoms with Crippen molar-refractivity contribution in [3.63, 3.8) is 0 Å². The summed E-state index contributed by atoms with van der Waals surface area (Å²) in [5, 5.41) is 13.2. The molecule has 0 saturated carbocycles. The molecule has 0 bridgehead atoms. The van der Waals surface area contributed by atoms with Gasteiger partial charge in [-0.25, -0.2) is 0 Å². The highest BCUT2D eigenvalue weighted by Crippen LogP contribution is 1.96. The summed E-state index contributed by atoms with van der Waals surface area (Å²) in [6.45, 7) is 3.83. The van der Waals surface area contributed by atoms with Crippen LogP contribution >= 0.6 is 0 Å². The lowest BCUT2D eigenvalue weighted by Gasteiger charge is -2.26. The first-order chi connectivity index (χ1) is 8.99. The van der Waals surface area contributed by atoms with E-state index in [0.717, 1.165) is 0 Å². The number of rotatable bonds is 6. The van der Waals surface area contributed by atoms with Crippen LogP contribution in [0.5, 0.6) is 0 Å². The zero-order chi connectivity index (χ0) is 14.3. The average Bonchev–Trinajstić information content (AvgIpc) is 2.36. The van der Waals surface area contributed by atoms with Gasteiger partial charge in [0.15, 0.2) is 0 Å². The molecule has 0 radical (unpaired) electrons. The zero-order valence-electron chi connectivity index (χ0n) is 10.8. The second kappa shape index (κ2) is 7.70. The Kier molecular flexibility index (Phi) is 6.23. The molecule has 2 amide bonds. The molecule has 1 rings (SSSR count). The lowest BCUT2D eigenvalue weighted by atomic mass is 10.3.